The number of hydrogen-bond acceptors (Lipinski definition) is 6. The summed E-state index contributed by atoms with van der Waals surface area (Å²) in [5.41, 5.74) is -3.95. The highest BCUT2D eigenvalue weighted by Gasteiger charge is 2.46. The first-order valence-corrected chi connectivity index (χ1v) is 13.5. The summed E-state index contributed by atoms with van der Waals surface area (Å²) < 4.78 is 49.9. The number of nitrogens with zero attached hydrogens (tertiary/aromatic N) is 4. The lowest BCUT2D eigenvalue weighted by Crippen LogP contribution is -2.46. The first-order valence-electron chi connectivity index (χ1n) is 12.8. The minimum absolute atomic E-state index is 0.0531. The summed E-state index contributed by atoms with van der Waals surface area (Å²) in [4.78, 5) is 43.4. The van der Waals surface area contributed by atoms with Gasteiger partial charge in [0.15, 0.2) is 11.5 Å². The summed E-state index contributed by atoms with van der Waals surface area (Å²) >= 11 is 12.2. The predicted molar refractivity (Wildman–Crippen MR) is 139 cm³/mol. The Labute approximate surface area is 238 Å². The van der Waals surface area contributed by atoms with Crippen LogP contribution in [0.5, 0.6) is 0 Å². The second-order valence-corrected chi connectivity index (χ2v) is 11.7. The molecule has 1 aliphatic carbocycles. The number of aliphatic carboxylic acids is 1. The third-order valence-corrected chi connectivity index (χ3v) is 8.37. The minimum atomic E-state index is -4.95. The molecular weight excluding hydrogens is 576 g/mol. The van der Waals surface area contributed by atoms with E-state index >= 15 is 0 Å². The monoisotopic (exact) mass is 604 g/mol. The molecule has 1 aliphatic heterocycles. The molecular formula is C26H29Cl2F3N4O5. The maximum Gasteiger partial charge on any atom is 0.433 e. The maximum absolute atomic E-state index is 14.5. The molecule has 3 heterocycles. The average molecular weight is 605 g/mol. The van der Waals surface area contributed by atoms with E-state index in [1.54, 1.807) is 13.8 Å². The van der Waals surface area contributed by atoms with Crippen LogP contribution in [0.4, 0.5) is 13.2 Å². The van der Waals surface area contributed by atoms with Crippen molar-refractivity contribution in [2.24, 2.45) is 5.41 Å². The summed E-state index contributed by atoms with van der Waals surface area (Å²) in [6, 6.07) is -0.745. The number of amides is 1. The van der Waals surface area contributed by atoms with E-state index in [9.17, 15) is 32.7 Å². The first-order chi connectivity index (χ1) is 18.7. The fourth-order valence-electron chi connectivity index (χ4n) is 5.44. The van der Waals surface area contributed by atoms with Gasteiger partial charge in [-0.15, -0.1) is 0 Å². The smallest absolute Gasteiger partial charge is 0.433 e. The molecule has 0 spiro atoms. The van der Waals surface area contributed by atoms with Crippen LogP contribution in [0.2, 0.25) is 10.0 Å². The maximum atomic E-state index is 14.5. The molecule has 2 aromatic heterocycles. The molecule has 4 rings (SSSR count). The van der Waals surface area contributed by atoms with Gasteiger partial charge in [0.25, 0.3) is 5.91 Å². The van der Waals surface area contributed by atoms with Gasteiger partial charge in [0, 0.05) is 19.0 Å². The molecule has 14 heteroatoms. The van der Waals surface area contributed by atoms with Crippen LogP contribution in [-0.4, -0.2) is 67.7 Å². The van der Waals surface area contributed by atoms with Crippen molar-refractivity contribution in [2.75, 3.05) is 19.7 Å². The Morgan fingerprint density at radius 2 is 1.75 bits per heavy atom. The molecule has 0 radical (unpaired) electrons. The molecule has 0 aromatic carbocycles. The van der Waals surface area contributed by atoms with Crippen molar-refractivity contribution >= 4 is 40.9 Å². The van der Waals surface area contributed by atoms with Gasteiger partial charge in [-0.2, -0.15) is 18.3 Å². The van der Waals surface area contributed by atoms with Gasteiger partial charge in [0.05, 0.1) is 57.5 Å². The Bertz CT molecular complexity index is 1280. The van der Waals surface area contributed by atoms with Gasteiger partial charge in [0.2, 0.25) is 0 Å². The molecule has 1 saturated carbocycles. The fraction of sp³-hybridized carbons (Fsp3) is 0.577. The summed E-state index contributed by atoms with van der Waals surface area (Å²) in [6.07, 6.45) is 0.179. The number of pyridine rings is 1. The topological polar surface area (TPSA) is 115 Å². The standard InChI is InChI=1S/C26H29Cl2F3N4O5/c1-24(23(38)39)7-4-15(5-8-24)35-21(26(29,30)31)16(10-33-35)22(37)34(14-25(2)6-3-9-40-25)13-19(36)20-17(27)11-32-12-18(20)28/h10-12,15H,3-9,13-14H2,1-2H3,(H,38,39)/t15?,24?,25-/m1/s1. The van der Waals surface area contributed by atoms with Gasteiger partial charge < -0.3 is 14.7 Å². The average Bonchev–Trinajstić information content (AvgIpc) is 3.50. The Kier molecular flexibility index (Phi) is 8.54. The molecule has 2 fully saturated rings. The third kappa shape index (κ3) is 6.13. The van der Waals surface area contributed by atoms with E-state index in [2.05, 4.69) is 10.1 Å². The van der Waals surface area contributed by atoms with Crippen molar-refractivity contribution in [1.29, 1.82) is 0 Å². The van der Waals surface area contributed by atoms with Crippen LogP contribution in [0.15, 0.2) is 18.6 Å². The molecule has 218 valence electrons. The summed E-state index contributed by atoms with van der Waals surface area (Å²) in [7, 11) is 0. The van der Waals surface area contributed by atoms with E-state index < -0.39 is 58.7 Å². The van der Waals surface area contributed by atoms with Crippen LogP contribution >= 0.6 is 23.2 Å². The number of aromatic nitrogens is 3. The van der Waals surface area contributed by atoms with E-state index in [1.807, 2.05) is 0 Å². The van der Waals surface area contributed by atoms with Crippen molar-refractivity contribution in [2.45, 2.75) is 70.2 Å². The lowest BCUT2D eigenvalue weighted by atomic mass is 9.74. The summed E-state index contributed by atoms with van der Waals surface area (Å²) in [6.45, 7) is 2.95. The zero-order valence-electron chi connectivity index (χ0n) is 21.9. The predicted octanol–water partition coefficient (Wildman–Crippen LogP) is 5.70. The van der Waals surface area contributed by atoms with Crippen LogP contribution in [-0.2, 0) is 15.7 Å². The molecule has 9 nitrogen and oxygen atoms in total. The summed E-state index contributed by atoms with van der Waals surface area (Å²) in [5.74, 6) is -2.72. The van der Waals surface area contributed by atoms with Crippen molar-refractivity contribution in [1.82, 2.24) is 19.7 Å². The summed E-state index contributed by atoms with van der Waals surface area (Å²) in [5, 5.41) is 13.3. The lowest BCUT2D eigenvalue weighted by Gasteiger charge is -2.35. The number of carboxylic acid groups (broad SMARTS) is 1. The van der Waals surface area contributed by atoms with Gasteiger partial charge in [-0.1, -0.05) is 23.2 Å². The van der Waals surface area contributed by atoms with E-state index in [-0.39, 0.29) is 47.8 Å². The highest BCUT2D eigenvalue weighted by atomic mass is 35.5. The van der Waals surface area contributed by atoms with Crippen molar-refractivity contribution in [3.8, 4) is 0 Å². The second kappa shape index (κ2) is 11.3. The zero-order valence-corrected chi connectivity index (χ0v) is 23.4. The van der Waals surface area contributed by atoms with Crippen molar-refractivity contribution in [3.05, 3.63) is 45.5 Å². The Morgan fingerprint density at radius 3 is 2.27 bits per heavy atom. The number of ketones is 1. The largest absolute Gasteiger partial charge is 0.481 e. The number of Topliss-reactive ketones (excluding diaryl/α,β-unsaturated/α-hetero) is 1. The Balaban J connectivity index is 1.69. The molecule has 1 atom stereocenters. The lowest BCUT2D eigenvalue weighted by molar-refractivity contribution is -0.152. The van der Waals surface area contributed by atoms with Crippen molar-refractivity contribution < 1.29 is 37.4 Å². The number of carbonyl (C=O) groups excluding carboxylic acids is 2. The molecule has 2 aromatic rings. The molecule has 1 N–H and O–H groups in total. The van der Waals surface area contributed by atoms with E-state index in [0.29, 0.717) is 19.4 Å². The van der Waals surface area contributed by atoms with Crippen molar-refractivity contribution in [3.63, 3.8) is 0 Å². The SMILES string of the molecule is CC1(C(=O)O)CCC(n2ncc(C(=O)N(CC(=O)c3c(Cl)cncc3Cl)C[C@@]3(C)CCCO3)c2C(F)(F)F)CC1. The molecule has 1 saturated heterocycles. The minimum Gasteiger partial charge on any atom is -0.481 e. The van der Waals surface area contributed by atoms with Gasteiger partial charge in [-0.25, -0.2) is 0 Å². The van der Waals surface area contributed by atoms with Gasteiger partial charge >= 0.3 is 12.1 Å². The van der Waals surface area contributed by atoms with E-state index in [4.69, 9.17) is 27.9 Å². The van der Waals surface area contributed by atoms with Crippen LogP contribution < -0.4 is 0 Å². The first kappa shape index (κ1) is 30.3. The van der Waals surface area contributed by atoms with Crippen LogP contribution in [0.1, 0.15) is 84.8 Å². The van der Waals surface area contributed by atoms with E-state index in [1.165, 1.54) is 12.4 Å². The highest BCUT2D eigenvalue weighted by molar-refractivity contribution is 6.39. The molecule has 1 amide bonds. The third-order valence-electron chi connectivity index (χ3n) is 7.79. The number of alkyl halides is 3. The Hall–Kier alpha value is -2.70. The van der Waals surface area contributed by atoms with Crippen LogP contribution in [0.25, 0.3) is 0 Å². The number of halogens is 5. The van der Waals surface area contributed by atoms with Crippen LogP contribution in [0, 0.1) is 5.41 Å². The number of ether oxygens (including phenoxy) is 1. The molecule has 0 bridgehead atoms. The zero-order chi connectivity index (χ0) is 29.5. The second-order valence-electron chi connectivity index (χ2n) is 10.9. The van der Waals surface area contributed by atoms with Gasteiger partial charge in [-0.3, -0.25) is 24.0 Å². The number of carbonyl (C=O) groups is 3. The van der Waals surface area contributed by atoms with Gasteiger partial charge in [-0.05, 0) is 52.4 Å². The fourth-order valence-corrected chi connectivity index (χ4v) is 6.02. The molecule has 0 unspecified atom stereocenters. The number of hydrogen-bond donors (Lipinski definition) is 1. The Morgan fingerprint density at radius 1 is 1.12 bits per heavy atom. The number of carboxylic acids is 1. The normalized spacial score (nSPS) is 25.1. The number of rotatable bonds is 8. The van der Waals surface area contributed by atoms with Gasteiger partial charge in [0.1, 0.15) is 0 Å². The highest BCUT2D eigenvalue weighted by Crippen LogP contribution is 2.43. The molecule has 40 heavy (non-hydrogen) atoms. The van der Waals surface area contributed by atoms with E-state index in [0.717, 1.165) is 15.8 Å². The molecule has 2 aliphatic rings. The van der Waals surface area contributed by atoms with Crippen LogP contribution in [0.3, 0.4) is 0 Å². The quantitative estimate of drug-likeness (QED) is 0.384.